The Morgan fingerprint density at radius 1 is 1.00 bits per heavy atom. The lowest BCUT2D eigenvalue weighted by molar-refractivity contribution is -0.140. The number of hydrogen-bond acceptors (Lipinski definition) is 4. The molecule has 31 heavy (non-hydrogen) atoms. The predicted molar refractivity (Wildman–Crippen MR) is 123 cm³/mol. The van der Waals surface area contributed by atoms with E-state index in [9.17, 15) is 18.0 Å². The molecule has 2 rings (SSSR count). The van der Waals surface area contributed by atoms with Crippen molar-refractivity contribution in [2.75, 3.05) is 24.2 Å². The molecule has 1 unspecified atom stereocenters. The summed E-state index contributed by atoms with van der Waals surface area (Å²) in [7, 11) is -2.21. The van der Waals surface area contributed by atoms with E-state index in [-0.39, 0.29) is 19.0 Å². The third kappa shape index (κ3) is 6.07. The molecule has 1 atom stereocenters. The van der Waals surface area contributed by atoms with Crippen molar-refractivity contribution >= 4 is 27.5 Å². The molecule has 0 saturated carbocycles. The van der Waals surface area contributed by atoms with Crippen LogP contribution in [0.25, 0.3) is 0 Å². The third-order valence-electron chi connectivity index (χ3n) is 5.20. The number of aryl methyl sites for hydroxylation is 2. The first kappa shape index (κ1) is 24.4. The number of nitrogens with one attached hydrogen (secondary N) is 1. The molecule has 0 spiro atoms. The number of benzene rings is 2. The molecule has 2 aromatic rings. The van der Waals surface area contributed by atoms with Crippen molar-refractivity contribution in [2.24, 2.45) is 0 Å². The second-order valence-electron chi connectivity index (χ2n) is 7.56. The molecule has 1 N–H and O–H groups in total. The number of likely N-dealkylation sites (N-methyl/N-ethyl adjacent to an activating group) is 1. The molecule has 0 fully saturated rings. The minimum atomic E-state index is -3.74. The zero-order valence-corrected chi connectivity index (χ0v) is 19.6. The second kappa shape index (κ2) is 10.4. The fourth-order valence-electron chi connectivity index (χ4n) is 3.64. The van der Waals surface area contributed by atoms with Gasteiger partial charge in [0.2, 0.25) is 21.8 Å². The largest absolute Gasteiger partial charge is 0.357 e. The predicted octanol–water partition coefficient (Wildman–Crippen LogP) is 2.62. The van der Waals surface area contributed by atoms with E-state index < -0.39 is 22.0 Å². The molecular weight excluding hydrogens is 414 g/mol. The fourth-order valence-corrected chi connectivity index (χ4v) is 4.61. The van der Waals surface area contributed by atoms with E-state index in [1.807, 2.05) is 69.3 Å². The number of hydrogen-bond donors (Lipinski definition) is 1. The SMILES string of the molecule is CCC(C(=O)NC)N(Cc1ccccc1)C(=O)CN(c1c(C)cccc1C)S(C)(=O)=O. The highest BCUT2D eigenvalue weighted by molar-refractivity contribution is 7.92. The van der Waals surface area contributed by atoms with Gasteiger partial charge < -0.3 is 10.2 Å². The van der Waals surface area contributed by atoms with E-state index in [0.717, 1.165) is 27.3 Å². The van der Waals surface area contributed by atoms with Crippen LogP contribution in [0, 0.1) is 13.8 Å². The fraction of sp³-hybridized carbons (Fsp3) is 0.391. The molecule has 0 aliphatic rings. The average Bonchev–Trinajstić information content (AvgIpc) is 2.72. The summed E-state index contributed by atoms with van der Waals surface area (Å²) in [6.07, 6.45) is 1.49. The van der Waals surface area contributed by atoms with Gasteiger partial charge in [0.05, 0.1) is 11.9 Å². The Bertz CT molecular complexity index is 1000. The van der Waals surface area contributed by atoms with Gasteiger partial charge in [-0.1, -0.05) is 55.5 Å². The van der Waals surface area contributed by atoms with Gasteiger partial charge in [0.15, 0.2) is 0 Å². The van der Waals surface area contributed by atoms with E-state index in [0.29, 0.717) is 12.1 Å². The summed E-state index contributed by atoms with van der Waals surface area (Å²) in [6, 6.07) is 14.1. The van der Waals surface area contributed by atoms with Crippen molar-refractivity contribution in [1.82, 2.24) is 10.2 Å². The molecule has 0 radical (unpaired) electrons. The normalized spacial score (nSPS) is 12.2. The number of rotatable bonds is 9. The summed E-state index contributed by atoms with van der Waals surface area (Å²) in [5.74, 6) is -0.725. The number of carbonyl (C=O) groups is 2. The zero-order valence-electron chi connectivity index (χ0n) is 18.8. The van der Waals surface area contributed by atoms with Crippen LogP contribution in [0.5, 0.6) is 0 Å². The lowest BCUT2D eigenvalue weighted by Crippen LogP contribution is -2.51. The first-order valence-electron chi connectivity index (χ1n) is 10.2. The number of para-hydroxylation sites is 1. The molecule has 7 nitrogen and oxygen atoms in total. The van der Waals surface area contributed by atoms with Crippen LogP contribution in [0.3, 0.4) is 0 Å². The van der Waals surface area contributed by atoms with Crippen molar-refractivity contribution < 1.29 is 18.0 Å². The average molecular weight is 446 g/mol. The molecule has 0 saturated heterocycles. The summed E-state index contributed by atoms with van der Waals surface area (Å²) >= 11 is 0. The summed E-state index contributed by atoms with van der Waals surface area (Å²) < 4.78 is 26.4. The zero-order chi connectivity index (χ0) is 23.2. The van der Waals surface area contributed by atoms with Gasteiger partial charge in [-0.2, -0.15) is 0 Å². The highest BCUT2D eigenvalue weighted by atomic mass is 32.2. The van der Waals surface area contributed by atoms with Gasteiger partial charge in [-0.05, 0) is 37.0 Å². The Hall–Kier alpha value is -2.87. The third-order valence-corrected chi connectivity index (χ3v) is 6.31. The Labute approximate surface area is 185 Å². The Kier molecular flexibility index (Phi) is 8.21. The van der Waals surface area contributed by atoms with Crippen LogP contribution in [0.1, 0.15) is 30.0 Å². The lowest BCUT2D eigenvalue weighted by atomic mass is 10.1. The summed E-state index contributed by atoms with van der Waals surface area (Å²) in [5, 5.41) is 2.61. The number of anilines is 1. The first-order chi connectivity index (χ1) is 14.6. The summed E-state index contributed by atoms with van der Waals surface area (Å²) in [4.78, 5) is 27.4. The van der Waals surface area contributed by atoms with Crippen LogP contribution >= 0.6 is 0 Å². The Morgan fingerprint density at radius 2 is 1.58 bits per heavy atom. The molecule has 8 heteroatoms. The van der Waals surface area contributed by atoms with Crippen LogP contribution in [0.4, 0.5) is 5.69 Å². The van der Waals surface area contributed by atoms with Gasteiger partial charge in [-0.15, -0.1) is 0 Å². The summed E-state index contributed by atoms with van der Waals surface area (Å²) in [6.45, 7) is 5.27. The Balaban J connectivity index is 2.47. The molecule has 0 aromatic heterocycles. The Morgan fingerprint density at radius 3 is 2.06 bits per heavy atom. The highest BCUT2D eigenvalue weighted by Crippen LogP contribution is 2.27. The topological polar surface area (TPSA) is 86.8 Å². The van der Waals surface area contributed by atoms with Crippen molar-refractivity contribution in [1.29, 1.82) is 0 Å². The van der Waals surface area contributed by atoms with Gasteiger partial charge in [0.1, 0.15) is 12.6 Å². The minimum absolute atomic E-state index is 0.204. The van der Waals surface area contributed by atoms with Gasteiger partial charge >= 0.3 is 0 Å². The van der Waals surface area contributed by atoms with Crippen LogP contribution < -0.4 is 9.62 Å². The molecule has 2 amide bonds. The maximum Gasteiger partial charge on any atom is 0.244 e. The maximum absolute atomic E-state index is 13.5. The number of nitrogens with zero attached hydrogens (tertiary/aromatic N) is 2. The molecule has 0 aliphatic carbocycles. The first-order valence-corrected chi connectivity index (χ1v) is 12.0. The van der Waals surface area contributed by atoms with E-state index in [1.54, 1.807) is 0 Å². The van der Waals surface area contributed by atoms with Crippen molar-refractivity contribution in [2.45, 2.75) is 39.8 Å². The molecule has 0 aliphatic heterocycles. The molecule has 2 aromatic carbocycles. The quantitative estimate of drug-likeness (QED) is 0.643. The van der Waals surface area contributed by atoms with Gasteiger partial charge in [-0.3, -0.25) is 13.9 Å². The van der Waals surface area contributed by atoms with Crippen molar-refractivity contribution in [3.05, 3.63) is 65.2 Å². The van der Waals surface area contributed by atoms with E-state index in [1.165, 1.54) is 11.9 Å². The summed E-state index contributed by atoms with van der Waals surface area (Å²) in [5.41, 5.74) is 2.86. The van der Waals surface area contributed by atoms with Gasteiger partial charge in [-0.25, -0.2) is 8.42 Å². The minimum Gasteiger partial charge on any atom is -0.357 e. The number of carbonyl (C=O) groups excluding carboxylic acids is 2. The maximum atomic E-state index is 13.5. The van der Waals surface area contributed by atoms with Crippen LogP contribution in [-0.4, -0.2) is 51.0 Å². The van der Waals surface area contributed by atoms with E-state index in [4.69, 9.17) is 0 Å². The molecule has 168 valence electrons. The van der Waals surface area contributed by atoms with Crippen molar-refractivity contribution in [3.8, 4) is 0 Å². The van der Waals surface area contributed by atoms with Crippen LogP contribution in [0.15, 0.2) is 48.5 Å². The second-order valence-corrected chi connectivity index (χ2v) is 9.46. The van der Waals surface area contributed by atoms with Gasteiger partial charge in [0.25, 0.3) is 0 Å². The molecule has 0 heterocycles. The molecule has 0 bridgehead atoms. The molecular formula is C23H31N3O4S. The lowest BCUT2D eigenvalue weighted by Gasteiger charge is -2.33. The van der Waals surface area contributed by atoms with Crippen LogP contribution in [-0.2, 0) is 26.2 Å². The van der Waals surface area contributed by atoms with E-state index in [2.05, 4.69) is 5.32 Å². The smallest absolute Gasteiger partial charge is 0.244 e. The highest BCUT2D eigenvalue weighted by Gasteiger charge is 2.32. The van der Waals surface area contributed by atoms with Crippen LogP contribution in [0.2, 0.25) is 0 Å². The number of sulfonamides is 1. The monoisotopic (exact) mass is 445 g/mol. The van der Waals surface area contributed by atoms with Crippen molar-refractivity contribution in [3.63, 3.8) is 0 Å². The standard InChI is InChI=1S/C23H31N3O4S/c1-6-20(23(28)24-4)25(15-19-13-8-7-9-14-19)21(27)16-26(31(5,29)30)22-17(2)11-10-12-18(22)3/h7-14,20H,6,15-16H2,1-5H3,(H,24,28). The van der Waals surface area contributed by atoms with Gasteiger partial charge in [0, 0.05) is 13.6 Å². The number of amides is 2. The van der Waals surface area contributed by atoms with E-state index >= 15 is 0 Å².